The monoisotopic (exact) mass is 200 g/mol. The van der Waals surface area contributed by atoms with Gasteiger partial charge in [0.2, 0.25) is 0 Å². The highest BCUT2D eigenvalue weighted by Gasteiger charge is 2.00. The molecule has 0 unspecified atom stereocenters. The molecule has 0 aromatic heterocycles. The van der Waals surface area contributed by atoms with Crippen LogP contribution in [0.15, 0.2) is 12.2 Å². The van der Waals surface area contributed by atoms with Crippen LogP contribution in [0.5, 0.6) is 0 Å². The first kappa shape index (κ1) is 12.6. The van der Waals surface area contributed by atoms with Gasteiger partial charge in [0.05, 0.1) is 6.61 Å². The molecule has 0 atom stereocenters. The Balaban J connectivity index is 3.16. The lowest BCUT2D eigenvalue weighted by Gasteiger charge is -2.02. The zero-order valence-electron chi connectivity index (χ0n) is 8.77. The summed E-state index contributed by atoms with van der Waals surface area (Å²) in [4.78, 5) is 11.1. The third-order valence-electron chi connectivity index (χ3n) is 1.84. The summed E-state index contributed by atoms with van der Waals surface area (Å²) in [7, 11) is 0.190. The van der Waals surface area contributed by atoms with Crippen molar-refractivity contribution in [2.24, 2.45) is 0 Å². The van der Waals surface area contributed by atoms with Crippen LogP contribution in [0.1, 0.15) is 19.8 Å². The van der Waals surface area contributed by atoms with Crippen LogP contribution >= 0.6 is 0 Å². The molecule has 13 heavy (non-hydrogen) atoms. The Kier molecular flexibility index (Phi) is 7.94. The molecule has 0 amide bonds. The van der Waals surface area contributed by atoms with Crippen LogP contribution in [-0.2, 0) is 9.53 Å². The van der Waals surface area contributed by atoms with Gasteiger partial charge in [-0.3, -0.25) is 4.79 Å². The molecule has 3 heteroatoms. The summed E-state index contributed by atoms with van der Waals surface area (Å²) in [5.74, 6) is 0.116. The highest BCUT2D eigenvalue weighted by atomic mass is 28.2. The zero-order valence-corrected chi connectivity index (χ0v) is 10.2. The lowest BCUT2D eigenvalue weighted by Crippen LogP contribution is -2.05. The average molecular weight is 200 g/mol. The zero-order chi connectivity index (χ0) is 10.1. The van der Waals surface area contributed by atoms with Crippen molar-refractivity contribution in [3.63, 3.8) is 0 Å². The molecular formula is C10H20O2Si. The second-order valence-electron chi connectivity index (χ2n) is 3.27. The summed E-state index contributed by atoms with van der Waals surface area (Å²) in [5, 5.41) is 0. The van der Waals surface area contributed by atoms with E-state index in [0.717, 1.165) is 13.0 Å². The number of carbonyl (C=O) groups excluding carboxylic acids is 1. The summed E-state index contributed by atoms with van der Waals surface area (Å²) in [6.07, 6.45) is 1.64. The molecular weight excluding hydrogens is 180 g/mol. The van der Waals surface area contributed by atoms with Crippen LogP contribution in [0.25, 0.3) is 0 Å². The fourth-order valence-corrected chi connectivity index (χ4v) is 1.64. The largest absolute Gasteiger partial charge is 0.381 e. The minimum Gasteiger partial charge on any atom is -0.381 e. The quantitative estimate of drug-likeness (QED) is 0.338. The predicted octanol–water partition coefficient (Wildman–Crippen LogP) is 1.56. The van der Waals surface area contributed by atoms with Crippen molar-refractivity contribution in [3.8, 4) is 0 Å². The molecule has 0 aromatic carbocycles. The molecule has 76 valence electrons. The van der Waals surface area contributed by atoms with E-state index in [1.54, 1.807) is 6.92 Å². The fraction of sp³-hybridized carbons (Fsp3) is 0.700. The molecule has 0 N–H and O–H groups in total. The fourth-order valence-electron chi connectivity index (χ4n) is 0.934. The Labute approximate surface area is 83.2 Å². The summed E-state index contributed by atoms with van der Waals surface area (Å²) >= 11 is 0. The molecule has 0 bridgehead atoms. The van der Waals surface area contributed by atoms with Gasteiger partial charge in [-0.25, -0.2) is 0 Å². The summed E-state index contributed by atoms with van der Waals surface area (Å²) in [6.45, 7) is 8.98. The van der Waals surface area contributed by atoms with Crippen LogP contribution in [0.3, 0.4) is 0 Å². The van der Waals surface area contributed by atoms with E-state index < -0.39 is 0 Å². The topological polar surface area (TPSA) is 26.3 Å². The first-order valence-electron chi connectivity index (χ1n) is 4.95. The lowest BCUT2D eigenvalue weighted by atomic mass is 10.2. The summed E-state index contributed by atoms with van der Waals surface area (Å²) in [5.41, 5.74) is 0.629. The molecule has 0 spiro atoms. The first-order valence-corrected chi connectivity index (χ1v) is 7.36. The Morgan fingerprint density at radius 1 is 1.46 bits per heavy atom. The Hall–Kier alpha value is -0.413. The predicted molar refractivity (Wildman–Crippen MR) is 59.1 cm³/mol. The second kappa shape index (κ2) is 8.20. The van der Waals surface area contributed by atoms with Crippen molar-refractivity contribution in [1.82, 2.24) is 0 Å². The highest BCUT2D eigenvalue weighted by molar-refractivity contribution is 6.33. The molecule has 0 aliphatic heterocycles. The van der Waals surface area contributed by atoms with Gasteiger partial charge in [0.25, 0.3) is 0 Å². The van der Waals surface area contributed by atoms with Crippen molar-refractivity contribution in [2.75, 3.05) is 13.2 Å². The number of ether oxygens (including phenoxy) is 1. The van der Waals surface area contributed by atoms with Gasteiger partial charge in [-0.05, 0) is 18.9 Å². The standard InChI is InChI=1S/C10H20O2Si/c1-9(2)10(11)5-7-12-6-4-8-13-3/h1,4-8,13H2,2-3H3. The molecule has 2 nitrogen and oxygen atoms in total. The minimum atomic E-state index is 0.116. The van der Waals surface area contributed by atoms with Gasteiger partial charge < -0.3 is 4.74 Å². The van der Waals surface area contributed by atoms with Gasteiger partial charge in [-0.15, -0.1) is 0 Å². The number of rotatable bonds is 8. The number of carbonyl (C=O) groups is 1. The van der Waals surface area contributed by atoms with E-state index in [-0.39, 0.29) is 15.3 Å². The molecule has 0 aromatic rings. The van der Waals surface area contributed by atoms with Crippen molar-refractivity contribution in [2.45, 2.75) is 32.4 Å². The smallest absolute Gasteiger partial charge is 0.160 e. The van der Waals surface area contributed by atoms with E-state index in [9.17, 15) is 4.79 Å². The van der Waals surface area contributed by atoms with E-state index in [2.05, 4.69) is 13.1 Å². The van der Waals surface area contributed by atoms with E-state index in [1.807, 2.05) is 0 Å². The molecule has 0 heterocycles. The third kappa shape index (κ3) is 7.93. The molecule has 0 saturated heterocycles. The molecule has 0 aliphatic carbocycles. The van der Waals surface area contributed by atoms with E-state index in [0.29, 0.717) is 18.6 Å². The maximum Gasteiger partial charge on any atom is 0.160 e. The van der Waals surface area contributed by atoms with Gasteiger partial charge in [-0.1, -0.05) is 19.2 Å². The van der Waals surface area contributed by atoms with Gasteiger partial charge in [-0.2, -0.15) is 0 Å². The number of Topliss-reactive ketones (excluding diaryl/α,β-unsaturated/α-hetero) is 1. The minimum absolute atomic E-state index is 0.116. The number of hydrogen-bond acceptors (Lipinski definition) is 2. The van der Waals surface area contributed by atoms with Crippen molar-refractivity contribution < 1.29 is 9.53 Å². The number of allylic oxidation sites excluding steroid dienone is 1. The van der Waals surface area contributed by atoms with Crippen molar-refractivity contribution in [3.05, 3.63) is 12.2 Å². The number of hydrogen-bond donors (Lipinski definition) is 0. The van der Waals surface area contributed by atoms with Crippen molar-refractivity contribution >= 4 is 15.3 Å². The first-order chi connectivity index (χ1) is 6.18. The molecule has 0 rings (SSSR count). The van der Waals surface area contributed by atoms with E-state index in [4.69, 9.17) is 4.74 Å². The maximum atomic E-state index is 11.1. The highest BCUT2D eigenvalue weighted by Crippen LogP contribution is 1.96. The number of ketones is 1. The van der Waals surface area contributed by atoms with Gasteiger partial charge in [0, 0.05) is 22.5 Å². The van der Waals surface area contributed by atoms with Gasteiger partial charge >= 0.3 is 0 Å². The summed E-state index contributed by atoms with van der Waals surface area (Å²) in [6, 6.07) is 1.34. The van der Waals surface area contributed by atoms with Gasteiger partial charge in [0.1, 0.15) is 0 Å². The van der Waals surface area contributed by atoms with Crippen LogP contribution in [0.2, 0.25) is 12.6 Å². The van der Waals surface area contributed by atoms with Crippen LogP contribution < -0.4 is 0 Å². The molecule has 0 radical (unpaired) electrons. The third-order valence-corrected chi connectivity index (χ3v) is 3.05. The summed E-state index contributed by atoms with van der Waals surface area (Å²) < 4.78 is 5.32. The Bertz CT molecular complexity index is 166. The average Bonchev–Trinajstić information content (AvgIpc) is 2.10. The SMILES string of the molecule is C=C(C)C(=O)CCOCCC[SiH2]C. The van der Waals surface area contributed by atoms with Crippen molar-refractivity contribution in [1.29, 1.82) is 0 Å². The van der Waals surface area contributed by atoms with E-state index in [1.165, 1.54) is 6.04 Å². The van der Waals surface area contributed by atoms with E-state index >= 15 is 0 Å². The maximum absolute atomic E-state index is 11.1. The van der Waals surface area contributed by atoms with Crippen LogP contribution in [0, 0.1) is 0 Å². The van der Waals surface area contributed by atoms with Gasteiger partial charge in [0.15, 0.2) is 5.78 Å². The molecule has 0 aliphatic rings. The van der Waals surface area contributed by atoms with Crippen LogP contribution in [-0.4, -0.2) is 28.5 Å². The second-order valence-corrected chi connectivity index (χ2v) is 4.98. The molecule has 0 saturated carbocycles. The normalized spacial score (nSPS) is 10.9. The molecule has 0 fully saturated rings. The lowest BCUT2D eigenvalue weighted by molar-refractivity contribution is -0.116. The van der Waals surface area contributed by atoms with Crippen LogP contribution in [0.4, 0.5) is 0 Å². The Morgan fingerprint density at radius 2 is 2.15 bits per heavy atom. The Morgan fingerprint density at radius 3 is 2.69 bits per heavy atom.